The van der Waals surface area contributed by atoms with Gasteiger partial charge in [-0.3, -0.25) is 9.59 Å². The van der Waals surface area contributed by atoms with Crippen molar-refractivity contribution in [1.82, 2.24) is 9.55 Å². The fourth-order valence-corrected chi connectivity index (χ4v) is 2.84. The Morgan fingerprint density at radius 1 is 0.963 bits per heavy atom. The average molecular weight is 362 g/mol. The minimum atomic E-state index is -0.401. The molecule has 0 aliphatic carbocycles. The fraction of sp³-hybridized carbons (Fsp3) is 0.227. The van der Waals surface area contributed by atoms with E-state index >= 15 is 0 Å². The fourth-order valence-electron chi connectivity index (χ4n) is 2.84. The van der Waals surface area contributed by atoms with Crippen molar-refractivity contribution in [2.45, 2.75) is 27.3 Å². The number of ether oxygens (including phenoxy) is 1. The van der Waals surface area contributed by atoms with Gasteiger partial charge in [0.2, 0.25) is 5.78 Å². The molecule has 1 heterocycles. The molecular formula is C22H22N2O3. The molecule has 0 radical (unpaired) electrons. The predicted octanol–water partition coefficient (Wildman–Crippen LogP) is 3.96. The van der Waals surface area contributed by atoms with Crippen LogP contribution in [0.1, 0.15) is 34.2 Å². The van der Waals surface area contributed by atoms with E-state index in [1.165, 1.54) is 0 Å². The molecule has 0 fully saturated rings. The monoisotopic (exact) mass is 362 g/mol. The summed E-state index contributed by atoms with van der Waals surface area (Å²) in [6.07, 6.45) is 1.63. The first-order valence-electron chi connectivity index (χ1n) is 8.89. The van der Waals surface area contributed by atoms with Crippen molar-refractivity contribution in [3.63, 3.8) is 0 Å². The van der Waals surface area contributed by atoms with Crippen molar-refractivity contribution >= 4 is 11.8 Å². The number of aromatic nitrogens is 2. The molecule has 5 nitrogen and oxygen atoms in total. The summed E-state index contributed by atoms with van der Waals surface area (Å²) >= 11 is 0. The molecule has 0 unspecified atom stereocenters. The summed E-state index contributed by atoms with van der Waals surface area (Å²) in [5, 5.41) is 0. The van der Waals surface area contributed by atoms with Gasteiger partial charge in [-0.15, -0.1) is 0 Å². The third kappa shape index (κ3) is 4.14. The molecule has 0 spiro atoms. The van der Waals surface area contributed by atoms with E-state index in [4.69, 9.17) is 4.74 Å². The number of nitrogens with zero attached hydrogens (tertiary/aromatic N) is 2. The van der Waals surface area contributed by atoms with Gasteiger partial charge in [0, 0.05) is 5.56 Å². The smallest absolute Gasteiger partial charge is 0.326 e. The van der Waals surface area contributed by atoms with E-state index in [0.717, 1.165) is 16.7 Å². The molecule has 138 valence electrons. The Morgan fingerprint density at radius 3 is 2.15 bits per heavy atom. The third-order valence-electron chi connectivity index (χ3n) is 4.31. The lowest BCUT2D eigenvalue weighted by Crippen LogP contribution is -2.19. The van der Waals surface area contributed by atoms with Crippen molar-refractivity contribution in [3.05, 3.63) is 77.2 Å². The molecule has 3 aromatic rings. The summed E-state index contributed by atoms with van der Waals surface area (Å²) in [4.78, 5) is 29.4. The molecule has 0 N–H and O–H groups in total. The zero-order valence-corrected chi connectivity index (χ0v) is 15.7. The molecule has 3 rings (SSSR count). The number of benzene rings is 2. The molecule has 0 bridgehead atoms. The van der Waals surface area contributed by atoms with E-state index in [9.17, 15) is 9.59 Å². The van der Waals surface area contributed by atoms with Crippen molar-refractivity contribution < 1.29 is 14.3 Å². The van der Waals surface area contributed by atoms with E-state index in [-0.39, 0.29) is 24.8 Å². The van der Waals surface area contributed by atoms with Crippen molar-refractivity contribution in [2.24, 2.45) is 0 Å². The van der Waals surface area contributed by atoms with Gasteiger partial charge < -0.3 is 9.30 Å². The van der Waals surface area contributed by atoms with Gasteiger partial charge >= 0.3 is 5.97 Å². The Kier molecular flexibility index (Phi) is 5.50. The van der Waals surface area contributed by atoms with Crippen LogP contribution in [-0.2, 0) is 16.1 Å². The van der Waals surface area contributed by atoms with Crippen LogP contribution in [0.2, 0.25) is 0 Å². The second-order valence-electron chi connectivity index (χ2n) is 6.42. The minimum absolute atomic E-state index is 0.0655. The van der Waals surface area contributed by atoms with E-state index < -0.39 is 5.97 Å². The molecule has 0 amide bonds. The molecule has 0 aliphatic heterocycles. The lowest BCUT2D eigenvalue weighted by molar-refractivity contribution is -0.143. The van der Waals surface area contributed by atoms with Gasteiger partial charge in [-0.1, -0.05) is 59.7 Å². The Hall–Kier alpha value is -3.21. The van der Waals surface area contributed by atoms with Crippen LogP contribution in [0.5, 0.6) is 0 Å². The lowest BCUT2D eigenvalue weighted by atomic mass is 10.1. The summed E-state index contributed by atoms with van der Waals surface area (Å²) in [5.74, 6) is -0.401. The summed E-state index contributed by atoms with van der Waals surface area (Å²) in [5.41, 5.74) is 4.33. The number of carbonyl (C=O) groups is 2. The van der Waals surface area contributed by atoms with E-state index in [2.05, 4.69) is 4.98 Å². The van der Waals surface area contributed by atoms with Crippen LogP contribution in [0, 0.1) is 13.8 Å². The zero-order valence-electron chi connectivity index (χ0n) is 15.7. The summed E-state index contributed by atoms with van der Waals surface area (Å²) in [6, 6.07) is 15.2. The first kappa shape index (κ1) is 18.6. The highest BCUT2D eigenvalue weighted by Gasteiger charge is 2.21. The molecule has 0 atom stereocenters. The topological polar surface area (TPSA) is 61.2 Å². The summed E-state index contributed by atoms with van der Waals surface area (Å²) < 4.78 is 6.71. The second kappa shape index (κ2) is 7.99. The van der Waals surface area contributed by atoms with Crippen LogP contribution < -0.4 is 0 Å². The number of imidazole rings is 1. The van der Waals surface area contributed by atoms with Crippen molar-refractivity contribution in [3.8, 4) is 11.3 Å². The molecule has 0 saturated carbocycles. The predicted molar refractivity (Wildman–Crippen MR) is 104 cm³/mol. The largest absolute Gasteiger partial charge is 0.465 e. The molecule has 5 heteroatoms. The van der Waals surface area contributed by atoms with Crippen molar-refractivity contribution in [1.29, 1.82) is 0 Å². The Bertz CT molecular complexity index is 954. The normalized spacial score (nSPS) is 10.6. The number of aryl methyl sites for hydroxylation is 2. The van der Waals surface area contributed by atoms with Gasteiger partial charge in [-0.25, -0.2) is 4.98 Å². The number of ketones is 1. The number of rotatable bonds is 6. The maximum Gasteiger partial charge on any atom is 0.326 e. The lowest BCUT2D eigenvalue weighted by Gasteiger charge is -2.11. The Balaban J connectivity index is 2.04. The van der Waals surface area contributed by atoms with Crippen LogP contribution in [0.4, 0.5) is 0 Å². The van der Waals surface area contributed by atoms with Gasteiger partial charge in [0.05, 0.1) is 18.5 Å². The molecule has 27 heavy (non-hydrogen) atoms. The number of hydrogen-bond donors (Lipinski definition) is 0. The molecule has 0 aliphatic rings. The number of esters is 1. The number of hydrogen-bond acceptors (Lipinski definition) is 4. The highest BCUT2D eigenvalue weighted by atomic mass is 16.5. The highest BCUT2D eigenvalue weighted by Crippen LogP contribution is 2.23. The molecular weight excluding hydrogens is 340 g/mol. The molecule has 1 aromatic heterocycles. The first-order chi connectivity index (χ1) is 13.0. The Labute approximate surface area is 158 Å². The van der Waals surface area contributed by atoms with Gasteiger partial charge in [0.1, 0.15) is 6.54 Å². The third-order valence-corrected chi connectivity index (χ3v) is 4.31. The van der Waals surface area contributed by atoms with Gasteiger partial charge in [0.25, 0.3) is 0 Å². The highest BCUT2D eigenvalue weighted by molar-refractivity contribution is 6.07. The maximum atomic E-state index is 13.0. The van der Waals surface area contributed by atoms with Crippen LogP contribution in [0.15, 0.2) is 54.7 Å². The van der Waals surface area contributed by atoms with Gasteiger partial charge in [-0.2, -0.15) is 0 Å². The Morgan fingerprint density at radius 2 is 1.56 bits per heavy atom. The quantitative estimate of drug-likeness (QED) is 0.492. The van der Waals surface area contributed by atoms with Crippen LogP contribution in [-0.4, -0.2) is 27.9 Å². The summed E-state index contributed by atoms with van der Waals surface area (Å²) in [6.45, 7) is 5.95. The van der Waals surface area contributed by atoms with Crippen LogP contribution in [0.25, 0.3) is 11.3 Å². The molecule has 0 saturated heterocycles. The minimum Gasteiger partial charge on any atom is -0.465 e. The van der Waals surface area contributed by atoms with E-state index in [1.807, 2.05) is 50.2 Å². The van der Waals surface area contributed by atoms with Gasteiger partial charge in [0.15, 0.2) is 5.82 Å². The second-order valence-corrected chi connectivity index (χ2v) is 6.42. The molecule has 2 aromatic carbocycles. The number of carbonyl (C=O) groups excluding carboxylic acids is 2. The van der Waals surface area contributed by atoms with E-state index in [0.29, 0.717) is 11.3 Å². The standard InChI is InChI=1S/C22H22N2O3/c1-4-27-20(25)14-24-19(17-9-5-15(2)6-10-17)13-23-22(24)21(26)18-11-7-16(3)8-12-18/h5-13H,4,14H2,1-3H3. The SMILES string of the molecule is CCOC(=O)Cn1c(-c2ccc(C)cc2)cnc1C(=O)c1ccc(C)cc1. The van der Waals surface area contributed by atoms with Gasteiger partial charge in [-0.05, 0) is 26.3 Å². The summed E-state index contributed by atoms with van der Waals surface area (Å²) in [7, 11) is 0. The first-order valence-corrected chi connectivity index (χ1v) is 8.89. The van der Waals surface area contributed by atoms with Crippen LogP contribution >= 0.6 is 0 Å². The van der Waals surface area contributed by atoms with Crippen LogP contribution in [0.3, 0.4) is 0 Å². The zero-order chi connectivity index (χ0) is 19.4. The average Bonchev–Trinajstić information content (AvgIpc) is 3.06. The maximum absolute atomic E-state index is 13.0. The van der Waals surface area contributed by atoms with E-state index in [1.54, 1.807) is 29.8 Å². The van der Waals surface area contributed by atoms with Crippen molar-refractivity contribution in [2.75, 3.05) is 6.61 Å².